The molecule has 1 N–H and O–H groups in total. The molecule has 18 heavy (non-hydrogen) atoms. The van der Waals surface area contributed by atoms with Crippen molar-refractivity contribution in [3.8, 4) is 0 Å². The average molecular weight is 339 g/mol. The lowest BCUT2D eigenvalue weighted by atomic mass is 9.97. The quantitative estimate of drug-likeness (QED) is 0.810. The van der Waals surface area contributed by atoms with Gasteiger partial charge in [-0.05, 0) is 25.0 Å². The Kier molecular flexibility index (Phi) is 5.24. The van der Waals surface area contributed by atoms with Crippen LogP contribution in [-0.2, 0) is 10.0 Å². The van der Waals surface area contributed by atoms with Gasteiger partial charge < -0.3 is 0 Å². The fourth-order valence-corrected chi connectivity index (χ4v) is 4.18. The van der Waals surface area contributed by atoms with Crippen LogP contribution in [0.4, 0.5) is 4.39 Å². The van der Waals surface area contributed by atoms with E-state index in [9.17, 15) is 12.8 Å². The molecule has 1 aromatic heterocycles. The van der Waals surface area contributed by atoms with Crippen molar-refractivity contribution in [2.45, 2.75) is 37.3 Å². The predicted octanol–water partition coefficient (Wildman–Crippen LogP) is 2.45. The van der Waals surface area contributed by atoms with Crippen LogP contribution in [0.1, 0.15) is 26.7 Å². The molecule has 0 aliphatic heterocycles. The van der Waals surface area contributed by atoms with E-state index in [1.54, 1.807) is 0 Å². The van der Waals surface area contributed by atoms with Crippen molar-refractivity contribution < 1.29 is 12.8 Å². The first kappa shape index (κ1) is 15.5. The van der Waals surface area contributed by atoms with Crippen LogP contribution in [0.15, 0.2) is 23.4 Å². The fraction of sp³-hybridized carbons (Fsp3) is 0.545. The third-order valence-electron chi connectivity index (χ3n) is 2.94. The van der Waals surface area contributed by atoms with Crippen LogP contribution in [0.3, 0.4) is 0 Å². The first-order valence-electron chi connectivity index (χ1n) is 5.61. The maximum atomic E-state index is 13.5. The Morgan fingerprint density at radius 1 is 1.44 bits per heavy atom. The minimum Gasteiger partial charge on any atom is -0.241 e. The van der Waals surface area contributed by atoms with E-state index in [0.29, 0.717) is 18.2 Å². The second-order valence-electron chi connectivity index (χ2n) is 4.02. The van der Waals surface area contributed by atoms with Crippen LogP contribution in [0.25, 0.3) is 0 Å². The third-order valence-corrected chi connectivity index (χ3v) is 5.52. The molecule has 0 amide bonds. The zero-order valence-electron chi connectivity index (χ0n) is 10.3. The lowest BCUT2D eigenvalue weighted by Gasteiger charge is -2.30. The number of alkyl halides is 1. The molecule has 0 saturated heterocycles. The van der Waals surface area contributed by atoms with Gasteiger partial charge in [-0.3, -0.25) is 0 Å². The highest BCUT2D eigenvalue weighted by molar-refractivity contribution is 9.09. The summed E-state index contributed by atoms with van der Waals surface area (Å²) in [5.41, 5.74) is -0.622. The summed E-state index contributed by atoms with van der Waals surface area (Å²) in [5.74, 6) is -0.847. The standard InChI is InChI=1S/C11H16BrFN2O2S/c1-3-11(4-2,8-12)15-18(16,17)10-9(13)6-5-7-14-10/h5-7,15H,3-4,8H2,1-2H3. The topological polar surface area (TPSA) is 59.1 Å². The van der Waals surface area contributed by atoms with Crippen molar-refractivity contribution in [3.05, 3.63) is 24.1 Å². The molecule has 0 spiro atoms. The van der Waals surface area contributed by atoms with Gasteiger partial charge in [-0.1, -0.05) is 29.8 Å². The second kappa shape index (κ2) is 6.08. The van der Waals surface area contributed by atoms with Gasteiger partial charge in [0, 0.05) is 17.1 Å². The number of hydrogen-bond acceptors (Lipinski definition) is 3. The normalized spacial score (nSPS) is 12.7. The van der Waals surface area contributed by atoms with Gasteiger partial charge >= 0.3 is 0 Å². The molecule has 0 saturated carbocycles. The summed E-state index contributed by atoms with van der Waals surface area (Å²) in [5, 5.41) is -0.0991. The molecular weight excluding hydrogens is 323 g/mol. The van der Waals surface area contributed by atoms with Gasteiger partial charge in [-0.15, -0.1) is 0 Å². The number of nitrogens with zero attached hydrogens (tertiary/aromatic N) is 1. The van der Waals surface area contributed by atoms with E-state index < -0.39 is 26.4 Å². The minimum absolute atomic E-state index is 0.459. The van der Waals surface area contributed by atoms with E-state index in [-0.39, 0.29) is 0 Å². The maximum absolute atomic E-state index is 13.5. The molecule has 0 radical (unpaired) electrons. The Labute approximate surface area is 115 Å². The van der Waals surface area contributed by atoms with Gasteiger partial charge in [0.2, 0.25) is 5.03 Å². The van der Waals surface area contributed by atoms with Crippen molar-refractivity contribution in [3.63, 3.8) is 0 Å². The van der Waals surface area contributed by atoms with Gasteiger partial charge in [-0.2, -0.15) is 0 Å². The maximum Gasteiger partial charge on any atom is 0.261 e. The van der Waals surface area contributed by atoms with Gasteiger partial charge in [0.15, 0.2) is 5.82 Å². The first-order chi connectivity index (χ1) is 8.40. The molecule has 0 fully saturated rings. The van der Waals surface area contributed by atoms with E-state index in [4.69, 9.17) is 0 Å². The number of sulfonamides is 1. The van der Waals surface area contributed by atoms with E-state index in [0.717, 1.165) is 6.07 Å². The molecule has 4 nitrogen and oxygen atoms in total. The summed E-state index contributed by atoms with van der Waals surface area (Å²) in [6, 6.07) is 2.43. The zero-order valence-corrected chi connectivity index (χ0v) is 12.7. The Morgan fingerprint density at radius 2 is 2.06 bits per heavy atom. The summed E-state index contributed by atoms with van der Waals surface area (Å²) < 4.78 is 40.2. The second-order valence-corrected chi connectivity index (χ2v) is 6.18. The number of rotatable bonds is 6. The van der Waals surface area contributed by atoms with Crippen molar-refractivity contribution in [1.29, 1.82) is 0 Å². The van der Waals surface area contributed by atoms with Gasteiger partial charge in [0.25, 0.3) is 10.0 Å². The number of pyridine rings is 1. The molecule has 1 aromatic rings. The number of aromatic nitrogens is 1. The van der Waals surface area contributed by atoms with Crippen molar-refractivity contribution in [2.75, 3.05) is 5.33 Å². The fourth-order valence-electron chi connectivity index (χ4n) is 1.51. The Hall–Kier alpha value is -0.530. The number of hydrogen-bond donors (Lipinski definition) is 1. The van der Waals surface area contributed by atoms with E-state index in [1.165, 1.54) is 12.3 Å². The Bertz CT molecular complexity index is 495. The van der Waals surface area contributed by atoms with Crippen molar-refractivity contribution >= 4 is 26.0 Å². The molecule has 0 aliphatic carbocycles. The molecule has 1 rings (SSSR count). The molecule has 0 atom stereocenters. The molecule has 0 unspecified atom stereocenters. The Balaban J connectivity index is 3.13. The van der Waals surface area contributed by atoms with Crippen LogP contribution in [-0.4, -0.2) is 24.3 Å². The van der Waals surface area contributed by atoms with Crippen molar-refractivity contribution in [1.82, 2.24) is 9.71 Å². The summed E-state index contributed by atoms with van der Waals surface area (Å²) in [7, 11) is -3.95. The number of nitrogens with one attached hydrogen (secondary N) is 1. The highest BCUT2D eigenvalue weighted by Crippen LogP contribution is 2.22. The lowest BCUT2D eigenvalue weighted by molar-refractivity contribution is 0.396. The highest BCUT2D eigenvalue weighted by Gasteiger charge is 2.33. The molecule has 7 heteroatoms. The average Bonchev–Trinajstić information content (AvgIpc) is 2.36. The third kappa shape index (κ3) is 3.27. The molecular formula is C11H16BrFN2O2S. The van der Waals surface area contributed by atoms with Gasteiger partial charge in [0.1, 0.15) is 0 Å². The number of halogens is 2. The van der Waals surface area contributed by atoms with Crippen LogP contribution in [0, 0.1) is 5.82 Å². The molecule has 1 heterocycles. The summed E-state index contributed by atoms with van der Waals surface area (Å²) >= 11 is 3.30. The van der Waals surface area contributed by atoms with Gasteiger partial charge in [0.05, 0.1) is 0 Å². The van der Waals surface area contributed by atoms with Gasteiger partial charge in [-0.25, -0.2) is 22.5 Å². The zero-order chi connectivity index (χ0) is 13.8. The molecule has 0 bridgehead atoms. The first-order valence-corrected chi connectivity index (χ1v) is 8.21. The predicted molar refractivity (Wildman–Crippen MR) is 71.6 cm³/mol. The monoisotopic (exact) mass is 338 g/mol. The van der Waals surface area contributed by atoms with Crippen LogP contribution >= 0.6 is 15.9 Å². The van der Waals surface area contributed by atoms with Crippen LogP contribution < -0.4 is 4.72 Å². The Morgan fingerprint density at radius 3 is 2.50 bits per heavy atom. The van der Waals surface area contributed by atoms with Crippen molar-refractivity contribution in [2.24, 2.45) is 0 Å². The molecule has 0 aromatic carbocycles. The molecule has 102 valence electrons. The van der Waals surface area contributed by atoms with E-state index in [2.05, 4.69) is 25.6 Å². The summed E-state index contributed by atoms with van der Waals surface area (Å²) in [6.45, 7) is 3.75. The van der Waals surface area contributed by atoms with Crippen LogP contribution in [0.5, 0.6) is 0 Å². The minimum atomic E-state index is -3.95. The van der Waals surface area contributed by atoms with E-state index >= 15 is 0 Å². The molecule has 0 aliphatic rings. The van der Waals surface area contributed by atoms with E-state index in [1.807, 2.05) is 13.8 Å². The highest BCUT2D eigenvalue weighted by atomic mass is 79.9. The smallest absolute Gasteiger partial charge is 0.241 e. The SMILES string of the molecule is CCC(CC)(CBr)NS(=O)(=O)c1ncccc1F. The lowest BCUT2D eigenvalue weighted by Crippen LogP contribution is -2.49. The largest absolute Gasteiger partial charge is 0.261 e. The summed E-state index contributed by atoms with van der Waals surface area (Å²) in [6.07, 6.45) is 2.45. The van der Waals surface area contributed by atoms with Crippen LogP contribution in [0.2, 0.25) is 0 Å². The summed E-state index contributed by atoms with van der Waals surface area (Å²) in [4.78, 5) is 3.60.